The van der Waals surface area contributed by atoms with Crippen LogP contribution in [0.15, 0.2) is 48.6 Å². The number of ether oxygens (including phenoxy) is 3. The molecular formula is C58H105O11P. The van der Waals surface area contributed by atoms with E-state index < -0.39 is 57.8 Å². The van der Waals surface area contributed by atoms with E-state index in [4.69, 9.17) is 23.3 Å². The first-order chi connectivity index (χ1) is 34.2. The van der Waals surface area contributed by atoms with E-state index in [0.717, 1.165) is 96.3 Å². The third-order valence-electron chi connectivity index (χ3n) is 12.2. The van der Waals surface area contributed by atoms with Gasteiger partial charge in [-0.2, -0.15) is 0 Å². The molecule has 0 heterocycles. The van der Waals surface area contributed by atoms with Gasteiger partial charge in [0.2, 0.25) is 0 Å². The number of aliphatic hydroxyl groups excluding tert-OH is 1. The molecule has 0 fully saturated rings. The molecule has 0 amide bonds. The van der Waals surface area contributed by atoms with Crippen LogP contribution in [-0.2, 0) is 42.2 Å². The summed E-state index contributed by atoms with van der Waals surface area (Å²) in [4.78, 5) is 48.4. The van der Waals surface area contributed by atoms with Crippen molar-refractivity contribution >= 4 is 25.7 Å². The summed E-state index contributed by atoms with van der Waals surface area (Å²) in [5.41, 5.74) is 0. The van der Waals surface area contributed by atoms with Crippen molar-refractivity contribution in [1.29, 1.82) is 0 Å². The lowest BCUT2D eigenvalue weighted by molar-refractivity contribution is -0.161. The van der Waals surface area contributed by atoms with Crippen LogP contribution < -0.4 is 0 Å². The van der Waals surface area contributed by atoms with Gasteiger partial charge in [0.15, 0.2) is 6.10 Å². The summed E-state index contributed by atoms with van der Waals surface area (Å²) in [6, 6.07) is 0. The zero-order valence-electron chi connectivity index (χ0n) is 45.0. The van der Waals surface area contributed by atoms with E-state index in [2.05, 4.69) is 69.4 Å². The fourth-order valence-electron chi connectivity index (χ4n) is 7.88. The van der Waals surface area contributed by atoms with Crippen molar-refractivity contribution in [3.63, 3.8) is 0 Å². The van der Waals surface area contributed by atoms with Crippen LogP contribution >= 0.6 is 7.82 Å². The predicted molar refractivity (Wildman–Crippen MR) is 289 cm³/mol. The molecule has 0 aliphatic rings. The number of carbonyl (C=O) groups is 3. The Morgan fingerprint density at radius 3 is 1.21 bits per heavy atom. The molecule has 0 aliphatic heterocycles. The molecule has 0 aromatic carbocycles. The van der Waals surface area contributed by atoms with Crippen molar-refractivity contribution < 1.29 is 52.2 Å². The van der Waals surface area contributed by atoms with Gasteiger partial charge in [-0.1, -0.05) is 223 Å². The lowest BCUT2D eigenvalue weighted by Gasteiger charge is -2.21. The van der Waals surface area contributed by atoms with Gasteiger partial charge in [-0.15, -0.1) is 0 Å². The van der Waals surface area contributed by atoms with Crippen LogP contribution in [-0.4, -0.2) is 66.5 Å². The number of esters is 3. The van der Waals surface area contributed by atoms with E-state index >= 15 is 0 Å². The zero-order valence-corrected chi connectivity index (χ0v) is 45.9. The highest BCUT2D eigenvalue weighted by Gasteiger charge is 2.28. The highest BCUT2D eigenvalue weighted by atomic mass is 31.2. The van der Waals surface area contributed by atoms with Crippen molar-refractivity contribution in [3.05, 3.63) is 48.6 Å². The molecule has 408 valence electrons. The van der Waals surface area contributed by atoms with Gasteiger partial charge in [0.05, 0.1) is 19.8 Å². The normalized spacial score (nSPS) is 13.7. The lowest BCUT2D eigenvalue weighted by Crippen LogP contribution is -2.30. The first kappa shape index (κ1) is 67.4. The summed E-state index contributed by atoms with van der Waals surface area (Å²) in [5.74, 6) is -1.50. The van der Waals surface area contributed by atoms with E-state index in [-0.39, 0.29) is 25.9 Å². The summed E-state index contributed by atoms with van der Waals surface area (Å²) in [7, 11) is -4.75. The van der Waals surface area contributed by atoms with Crippen LogP contribution in [0.1, 0.15) is 265 Å². The maximum absolute atomic E-state index is 12.9. The standard InChI is InChI=1S/C58H105O11P/c1-4-7-10-13-16-19-22-24-25-26-27-28-29-31-33-35-38-41-44-47-56(60)65-51-55(69-58(62)49-46-43-40-37-34-30-23-20-17-14-11-8-5-2)53-67-70(63,64)66-52-54(50-59)68-57(61)48-45-42-39-36-32-21-18-15-12-9-6-3/h8,11,15,17-18,20,30,34,54-55,59H,4-7,9-10,12-14,16,19,21-29,31-33,35-53H2,1-3H3,(H,63,64)/b11-8-,18-15-,20-17-,34-30-. The van der Waals surface area contributed by atoms with E-state index in [0.29, 0.717) is 19.3 Å². The molecule has 0 aliphatic carbocycles. The van der Waals surface area contributed by atoms with E-state index in [1.165, 1.54) is 109 Å². The number of aliphatic hydroxyl groups is 1. The van der Waals surface area contributed by atoms with Gasteiger partial charge in [-0.25, -0.2) is 4.57 Å². The second-order valence-corrected chi connectivity index (χ2v) is 20.5. The average Bonchev–Trinajstić information content (AvgIpc) is 3.35. The van der Waals surface area contributed by atoms with Crippen molar-refractivity contribution in [2.75, 3.05) is 26.4 Å². The zero-order chi connectivity index (χ0) is 51.3. The fraction of sp³-hybridized carbons (Fsp3) is 0.810. The Labute approximate surface area is 428 Å². The van der Waals surface area contributed by atoms with Gasteiger partial charge >= 0.3 is 25.7 Å². The molecule has 0 bridgehead atoms. The van der Waals surface area contributed by atoms with Gasteiger partial charge < -0.3 is 24.2 Å². The fourth-order valence-corrected chi connectivity index (χ4v) is 8.67. The van der Waals surface area contributed by atoms with Crippen LogP contribution in [0.2, 0.25) is 0 Å². The first-order valence-electron chi connectivity index (χ1n) is 28.5. The van der Waals surface area contributed by atoms with Crippen LogP contribution in [0.4, 0.5) is 0 Å². The number of allylic oxidation sites excluding steroid dienone is 8. The number of hydrogen-bond acceptors (Lipinski definition) is 10. The van der Waals surface area contributed by atoms with Gasteiger partial charge in [0.1, 0.15) is 12.7 Å². The summed E-state index contributed by atoms with van der Waals surface area (Å²) in [6.45, 7) is 4.47. The molecule has 0 saturated heterocycles. The van der Waals surface area contributed by atoms with Crippen LogP contribution in [0, 0.1) is 0 Å². The van der Waals surface area contributed by atoms with Crippen molar-refractivity contribution in [1.82, 2.24) is 0 Å². The number of phosphoric ester groups is 1. The molecule has 11 nitrogen and oxygen atoms in total. The molecule has 3 unspecified atom stereocenters. The predicted octanol–water partition coefficient (Wildman–Crippen LogP) is 16.6. The number of phosphoric acid groups is 1. The van der Waals surface area contributed by atoms with Gasteiger partial charge in [0, 0.05) is 19.3 Å². The molecule has 0 radical (unpaired) electrons. The highest BCUT2D eigenvalue weighted by molar-refractivity contribution is 7.47. The van der Waals surface area contributed by atoms with Crippen molar-refractivity contribution in [2.45, 2.75) is 277 Å². The SMILES string of the molecule is CC/C=C\C/C=C\C/C=C\CCCCCC(=O)OC(COC(=O)CCCCCCCCCCCCCCCCCCCCC)COP(=O)(O)OCC(CO)OC(=O)CCCCCCC/C=C\CCCC. The Balaban J connectivity index is 4.69. The summed E-state index contributed by atoms with van der Waals surface area (Å²) < 4.78 is 39.4. The molecular weight excluding hydrogens is 904 g/mol. The van der Waals surface area contributed by atoms with E-state index in [1.807, 2.05) is 0 Å². The van der Waals surface area contributed by atoms with Crippen LogP contribution in [0.3, 0.4) is 0 Å². The topological polar surface area (TPSA) is 155 Å². The minimum atomic E-state index is -4.75. The number of hydrogen-bond donors (Lipinski definition) is 2. The van der Waals surface area contributed by atoms with E-state index in [9.17, 15) is 28.9 Å². The second-order valence-electron chi connectivity index (χ2n) is 19.1. The van der Waals surface area contributed by atoms with E-state index in [1.54, 1.807) is 0 Å². The smallest absolute Gasteiger partial charge is 0.462 e. The van der Waals surface area contributed by atoms with Crippen molar-refractivity contribution in [3.8, 4) is 0 Å². The number of unbranched alkanes of at least 4 members (excludes halogenated alkanes) is 28. The summed E-state index contributed by atoms with van der Waals surface area (Å²) in [5, 5.41) is 9.78. The average molecular weight is 1010 g/mol. The third-order valence-corrected chi connectivity index (χ3v) is 13.2. The van der Waals surface area contributed by atoms with Crippen LogP contribution in [0.25, 0.3) is 0 Å². The first-order valence-corrected chi connectivity index (χ1v) is 30.0. The second kappa shape index (κ2) is 52.8. The molecule has 12 heteroatoms. The minimum absolute atomic E-state index is 0.134. The Kier molecular flexibility index (Phi) is 50.8. The van der Waals surface area contributed by atoms with Gasteiger partial charge in [0.25, 0.3) is 0 Å². The molecule has 0 aromatic rings. The van der Waals surface area contributed by atoms with Crippen molar-refractivity contribution in [2.24, 2.45) is 0 Å². The van der Waals surface area contributed by atoms with Gasteiger partial charge in [-0.05, 0) is 70.6 Å². The summed E-state index contributed by atoms with van der Waals surface area (Å²) in [6.07, 6.45) is 55.2. The van der Waals surface area contributed by atoms with Crippen LogP contribution in [0.5, 0.6) is 0 Å². The minimum Gasteiger partial charge on any atom is -0.462 e. The lowest BCUT2D eigenvalue weighted by atomic mass is 10.0. The Morgan fingerprint density at radius 1 is 0.414 bits per heavy atom. The number of rotatable bonds is 53. The third kappa shape index (κ3) is 50.4. The summed E-state index contributed by atoms with van der Waals surface area (Å²) >= 11 is 0. The number of carbonyl (C=O) groups excluding carboxylic acids is 3. The maximum Gasteiger partial charge on any atom is 0.472 e. The Hall–Kier alpha value is -2.56. The Bertz CT molecular complexity index is 1360. The largest absolute Gasteiger partial charge is 0.472 e. The molecule has 0 spiro atoms. The molecule has 70 heavy (non-hydrogen) atoms. The monoisotopic (exact) mass is 1010 g/mol. The van der Waals surface area contributed by atoms with Gasteiger partial charge in [-0.3, -0.25) is 23.4 Å². The quantitative estimate of drug-likeness (QED) is 0.0197. The maximum atomic E-state index is 12.9. The molecule has 0 saturated carbocycles. The highest BCUT2D eigenvalue weighted by Crippen LogP contribution is 2.43. The molecule has 0 aromatic heterocycles. The molecule has 0 rings (SSSR count). The molecule has 3 atom stereocenters. The Morgan fingerprint density at radius 2 is 0.757 bits per heavy atom. The molecule has 2 N–H and O–H groups in total.